The van der Waals surface area contributed by atoms with Gasteiger partial charge >= 0.3 is 0 Å². The van der Waals surface area contributed by atoms with Gasteiger partial charge in [-0.15, -0.1) is 0 Å². The fraction of sp³-hybridized carbons (Fsp3) is 0.400. The molecule has 1 aliphatic rings. The van der Waals surface area contributed by atoms with Crippen LogP contribution in [0.4, 0.5) is 8.78 Å². The molecule has 0 unspecified atom stereocenters. The van der Waals surface area contributed by atoms with E-state index in [4.69, 9.17) is 0 Å². The number of rotatable bonds is 2. The number of sulfone groups is 1. The molecule has 1 fully saturated rings. The Morgan fingerprint density at radius 2 is 2.00 bits per heavy atom. The number of hydrogen-bond acceptors (Lipinski definition) is 3. The third-order valence-electron chi connectivity index (χ3n) is 2.61. The van der Waals surface area contributed by atoms with E-state index in [2.05, 4.69) is 5.32 Å². The summed E-state index contributed by atoms with van der Waals surface area (Å²) in [5, 5.41) is 2.14. The molecule has 1 atom stereocenters. The van der Waals surface area contributed by atoms with Gasteiger partial charge < -0.3 is 5.32 Å². The second-order valence-electron chi connectivity index (χ2n) is 3.71. The van der Waals surface area contributed by atoms with E-state index in [-0.39, 0.29) is 4.90 Å². The molecule has 0 bridgehead atoms. The Balaban J connectivity index is 2.39. The lowest BCUT2D eigenvalue weighted by molar-refractivity contribution is 0.504. The van der Waals surface area contributed by atoms with Crippen molar-refractivity contribution >= 4 is 9.84 Å². The van der Waals surface area contributed by atoms with Gasteiger partial charge in [-0.05, 0) is 37.6 Å². The van der Waals surface area contributed by atoms with Crippen LogP contribution in [0.25, 0.3) is 0 Å². The van der Waals surface area contributed by atoms with Crippen molar-refractivity contribution in [1.82, 2.24) is 5.32 Å². The first-order chi connectivity index (χ1) is 7.51. The average Bonchev–Trinajstić information content (AvgIpc) is 2.75. The maximum Gasteiger partial charge on any atom is 0.194 e. The molecular formula is C10H11F2NO2S. The van der Waals surface area contributed by atoms with Gasteiger partial charge in [0.2, 0.25) is 0 Å². The predicted molar refractivity (Wildman–Crippen MR) is 54.6 cm³/mol. The Labute approximate surface area is 92.4 Å². The molecule has 1 aliphatic heterocycles. The fourth-order valence-corrected chi connectivity index (χ4v) is 3.40. The lowest BCUT2D eigenvalue weighted by Crippen LogP contribution is -2.30. The molecule has 1 saturated heterocycles. The van der Waals surface area contributed by atoms with E-state index in [1.165, 1.54) is 0 Å². The van der Waals surface area contributed by atoms with Gasteiger partial charge in [-0.25, -0.2) is 17.2 Å². The van der Waals surface area contributed by atoms with Crippen molar-refractivity contribution in [3.05, 3.63) is 29.8 Å². The lowest BCUT2D eigenvalue weighted by atomic mass is 10.3. The lowest BCUT2D eigenvalue weighted by Gasteiger charge is -2.11. The Hall–Kier alpha value is -1.01. The zero-order valence-corrected chi connectivity index (χ0v) is 9.23. The minimum Gasteiger partial charge on any atom is -0.301 e. The Morgan fingerprint density at radius 3 is 2.56 bits per heavy atom. The first-order valence-corrected chi connectivity index (χ1v) is 6.49. The van der Waals surface area contributed by atoms with Crippen LogP contribution in [0.15, 0.2) is 23.1 Å². The van der Waals surface area contributed by atoms with Gasteiger partial charge in [-0.2, -0.15) is 0 Å². The first kappa shape index (κ1) is 11.5. The van der Waals surface area contributed by atoms with Crippen molar-refractivity contribution in [3.63, 3.8) is 0 Å². The van der Waals surface area contributed by atoms with Crippen LogP contribution in [0.3, 0.4) is 0 Å². The minimum absolute atomic E-state index is 0.175. The molecule has 0 spiro atoms. The van der Waals surface area contributed by atoms with Gasteiger partial charge in [0, 0.05) is 0 Å². The summed E-state index contributed by atoms with van der Waals surface area (Å²) in [6, 6.07) is 2.65. The van der Waals surface area contributed by atoms with Crippen LogP contribution in [0.5, 0.6) is 0 Å². The second kappa shape index (κ2) is 4.10. The van der Waals surface area contributed by atoms with Crippen molar-refractivity contribution in [2.24, 2.45) is 0 Å². The van der Waals surface area contributed by atoms with E-state index >= 15 is 0 Å². The highest BCUT2D eigenvalue weighted by Gasteiger charge is 2.30. The topological polar surface area (TPSA) is 46.2 Å². The van der Waals surface area contributed by atoms with E-state index in [9.17, 15) is 17.2 Å². The standard InChI is InChI=1S/C10H11F2NO2S/c11-8-4-3-7(6-9(8)12)16(14,15)10-2-1-5-13-10/h3-4,6,10,13H,1-2,5H2/t10-/m0/s1. The highest BCUT2D eigenvalue weighted by Crippen LogP contribution is 2.22. The van der Waals surface area contributed by atoms with Crippen LogP contribution in [0.2, 0.25) is 0 Å². The molecule has 2 rings (SSSR count). The molecule has 1 N–H and O–H groups in total. The summed E-state index contributed by atoms with van der Waals surface area (Å²) in [5.74, 6) is -2.18. The highest BCUT2D eigenvalue weighted by molar-refractivity contribution is 7.92. The zero-order chi connectivity index (χ0) is 11.8. The van der Waals surface area contributed by atoms with Crippen LogP contribution in [-0.2, 0) is 9.84 Å². The van der Waals surface area contributed by atoms with E-state index in [0.717, 1.165) is 24.6 Å². The summed E-state index contributed by atoms with van der Waals surface area (Å²) in [6.45, 7) is 0.633. The normalized spacial score (nSPS) is 21.2. The second-order valence-corrected chi connectivity index (χ2v) is 5.84. The Kier molecular flexibility index (Phi) is 2.94. The molecule has 16 heavy (non-hydrogen) atoms. The van der Waals surface area contributed by atoms with Gasteiger partial charge in [0.1, 0.15) is 5.37 Å². The van der Waals surface area contributed by atoms with Crippen molar-refractivity contribution in [1.29, 1.82) is 0 Å². The molecule has 0 amide bonds. The maximum atomic E-state index is 12.9. The van der Waals surface area contributed by atoms with Crippen molar-refractivity contribution in [2.75, 3.05) is 6.54 Å². The van der Waals surface area contributed by atoms with Crippen LogP contribution in [0.1, 0.15) is 12.8 Å². The van der Waals surface area contributed by atoms with Crippen molar-refractivity contribution in [2.45, 2.75) is 23.1 Å². The highest BCUT2D eigenvalue weighted by atomic mass is 32.2. The Morgan fingerprint density at radius 1 is 1.25 bits per heavy atom. The fourth-order valence-electron chi connectivity index (χ4n) is 1.74. The number of hydrogen-bond donors (Lipinski definition) is 1. The smallest absolute Gasteiger partial charge is 0.194 e. The van der Waals surface area contributed by atoms with E-state index in [1.54, 1.807) is 0 Å². The Bertz CT molecular complexity index is 496. The monoisotopic (exact) mass is 247 g/mol. The quantitative estimate of drug-likeness (QED) is 0.804. The summed E-state index contributed by atoms with van der Waals surface area (Å²) in [5.41, 5.74) is 0. The molecule has 88 valence electrons. The van der Waals surface area contributed by atoms with Gasteiger partial charge in [0.05, 0.1) is 4.90 Å². The summed E-state index contributed by atoms with van der Waals surface area (Å²) in [7, 11) is -3.60. The van der Waals surface area contributed by atoms with Crippen LogP contribution in [0, 0.1) is 11.6 Å². The molecular weight excluding hydrogens is 236 g/mol. The number of halogens is 2. The molecule has 0 radical (unpaired) electrons. The van der Waals surface area contributed by atoms with Gasteiger partial charge in [-0.3, -0.25) is 0 Å². The molecule has 0 aliphatic carbocycles. The van der Waals surface area contributed by atoms with E-state index in [0.29, 0.717) is 13.0 Å². The summed E-state index contributed by atoms with van der Waals surface area (Å²) >= 11 is 0. The van der Waals surface area contributed by atoms with Crippen molar-refractivity contribution < 1.29 is 17.2 Å². The maximum absolute atomic E-state index is 12.9. The summed E-state index contributed by atoms with van der Waals surface area (Å²) in [6.07, 6.45) is 1.27. The van der Waals surface area contributed by atoms with Gasteiger partial charge in [0.15, 0.2) is 21.5 Å². The van der Waals surface area contributed by atoms with Crippen LogP contribution in [-0.4, -0.2) is 20.3 Å². The van der Waals surface area contributed by atoms with Crippen molar-refractivity contribution in [3.8, 4) is 0 Å². The molecule has 1 heterocycles. The number of nitrogens with one attached hydrogen (secondary N) is 1. The molecule has 1 aromatic rings. The summed E-state index contributed by atoms with van der Waals surface area (Å²) in [4.78, 5) is -0.175. The van der Waals surface area contributed by atoms with E-state index in [1.807, 2.05) is 0 Å². The van der Waals surface area contributed by atoms with E-state index < -0.39 is 26.8 Å². The predicted octanol–water partition coefficient (Wildman–Crippen LogP) is 1.45. The third-order valence-corrected chi connectivity index (χ3v) is 4.67. The minimum atomic E-state index is -3.60. The summed E-state index contributed by atoms with van der Waals surface area (Å²) < 4.78 is 49.5. The largest absolute Gasteiger partial charge is 0.301 e. The zero-order valence-electron chi connectivity index (χ0n) is 8.41. The molecule has 0 aromatic heterocycles. The van der Waals surface area contributed by atoms with Crippen LogP contribution >= 0.6 is 0 Å². The third kappa shape index (κ3) is 1.94. The molecule has 0 saturated carbocycles. The SMILES string of the molecule is O=S(=O)(c1ccc(F)c(F)c1)[C@H]1CCCN1. The van der Waals surface area contributed by atoms with Gasteiger partial charge in [-0.1, -0.05) is 0 Å². The number of benzene rings is 1. The molecule has 1 aromatic carbocycles. The van der Waals surface area contributed by atoms with Crippen LogP contribution < -0.4 is 5.32 Å². The van der Waals surface area contributed by atoms with Gasteiger partial charge in [0.25, 0.3) is 0 Å². The molecule has 3 nitrogen and oxygen atoms in total. The molecule has 6 heteroatoms. The first-order valence-electron chi connectivity index (χ1n) is 4.94. The average molecular weight is 247 g/mol.